The van der Waals surface area contributed by atoms with Gasteiger partial charge in [-0.1, -0.05) is 23.2 Å². The molecule has 1 aliphatic rings. The second kappa shape index (κ2) is 5.89. The molecule has 7 heteroatoms. The van der Waals surface area contributed by atoms with Crippen LogP contribution in [0.15, 0.2) is 18.5 Å². The molecule has 1 fully saturated rings. The summed E-state index contributed by atoms with van der Waals surface area (Å²) in [6, 6.07) is 3.14. The third kappa shape index (κ3) is 2.96. The van der Waals surface area contributed by atoms with Crippen molar-refractivity contribution in [3.63, 3.8) is 0 Å². The summed E-state index contributed by atoms with van der Waals surface area (Å²) in [5, 5.41) is 8.08. The molecule has 0 unspecified atom stereocenters. The van der Waals surface area contributed by atoms with Gasteiger partial charge in [0.1, 0.15) is 12.2 Å². The smallest absolute Gasteiger partial charge is 0.251 e. The quantitative estimate of drug-likeness (QED) is 0.930. The van der Waals surface area contributed by atoms with Gasteiger partial charge in [-0.25, -0.2) is 4.98 Å². The second-order valence-electron chi connectivity index (χ2n) is 5.60. The van der Waals surface area contributed by atoms with E-state index in [1.54, 1.807) is 16.8 Å². The molecule has 22 heavy (non-hydrogen) atoms. The molecule has 0 aliphatic heterocycles. The number of halogens is 2. The summed E-state index contributed by atoms with van der Waals surface area (Å²) in [6.07, 6.45) is 3.65. The number of amides is 1. The van der Waals surface area contributed by atoms with Gasteiger partial charge >= 0.3 is 0 Å². The van der Waals surface area contributed by atoms with Crippen LogP contribution >= 0.6 is 23.2 Å². The minimum absolute atomic E-state index is 0.140. The summed E-state index contributed by atoms with van der Waals surface area (Å²) in [7, 11) is 1.82. The van der Waals surface area contributed by atoms with E-state index < -0.39 is 0 Å². The van der Waals surface area contributed by atoms with Crippen molar-refractivity contribution in [2.75, 3.05) is 0 Å². The highest BCUT2D eigenvalue weighted by Gasteiger charge is 2.36. The first-order valence-corrected chi connectivity index (χ1v) is 7.83. The van der Waals surface area contributed by atoms with Gasteiger partial charge in [0.25, 0.3) is 5.91 Å². The van der Waals surface area contributed by atoms with E-state index in [1.165, 1.54) is 6.33 Å². The van der Waals surface area contributed by atoms with Crippen molar-refractivity contribution in [1.29, 1.82) is 0 Å². The predicted octanol–water partition coefficient (Wildman–Crippen LogP) is 3.31. The summed E-state index contributed by atoms with van der Waals surface area (Å²) in [5.74, 6) is 0.965. The second-order valence-corrected chi connectivity index (χ2v) is 6.41. The molecule has 0 spiro atoms. The lowest BCUT2D eigenvalue weighted by molar-refractivity contribution is 0.0928. The molecule has 1 N–H and O–H groups in total. The lowest BCUT2D eigenvalue weighted by atomic mass is 10.1. The highest BCUT2D eigenvalue weighted by atomic mass is 35.5. The van der Waals surface area contributed by atoms with Gasteiger partial charge in [-0.2, -0.15) is 5.10 Å². The van der Waals surface area contributed by atoms with Gasteiger partial charge in [-0.15, -0.1) is 0 Å². The maximum atomic E-state index is 12.5. The Morgan fingerprint density at radius 2 is 2.00 bits per heavy atom. The van der Waals surface area contributed by atoms with Crippen molar-refractivity contribution in [2.24, 2.45) is 13.0 Å². The highest BCUT2D eigenvalue weighted by Crippen LogP contribution is 2.40. The number of hydrogen-bond acceptors (Lipinski definition) is 3. The van der Waals surface area contributed by atoms with Gasteiger partial charge in [0, 0.05) is 22.7 Å². The third-order valence-electron chi connectivity index (χ3n) is 3.95. The first kappa shape index (κ1) is 15.3. The zero-order chi connectivity index (χ0) is 15.9. The molecule has 1 heterocycles. The topological polar surface area (TPSA) is 59.8 Å². The highest BCUT2D eigenvalue weighted by molar-refractivity contribution is 6.36. The molecule has 1 atom stereocenters. The number of carbonyl (C=O) groups is 1. The first-order chi connectivity index (χ1) is 10.5. The summed E-state index contributed by atoms with van der Waals surface area (Å²) >= 11 is 12.2. The fourth-order valence-corrected chi connectivity index (χ4v) is 2.90. The monoisotopic (exact) mass is 338 g/mol. The molecule has 1 saturated carbocycles. The van der Waals surface area contributed by atoms with Gasteiger partial charge < -0.3 is 5.32 Å². The predicted molar refractivity (Wildman–Crippen MR) is 85.1 cm³/mol. The van der Waals surface area contributed by atoms with Gasteiger partial charge in [-0.3, -0.25) is 9.48 Å². The van der Waals surface area contributed by atoms with Gasteiger partial charge in [0.2, 0.25) is 0 Å². The average molecular weight is 339 g/mol. The van der Waals surface area contributed by atoms with Gasteiger partial charge in [-0.05, 0) is 43.4 Å². The van der Waals surface area contributed by atoms with Crippen LogP contribution in [0.5, 0.6) is 0 Å². The Balaban J connectivity index is 1.85. The van der Waals surface area contributed by atoms with Crippen LogP contribution in [0, 0.1) is 12.8 Å². The van der Waals surface area contributed by atoms with E-state index in [0.717, 1.165) is 24.2 Å². The van der Waals surface area contributed by atoms with Gasteiger partial charge in [0.15, 0.2) is 0 Å². The van der Waals surface area contributed by atoms with Crippen molar-refractivity contribution < 1.29 is 4.79 Å². The minimum atomic E-state index is -0.205. The number of nitrogens with zero attached hydrogens (tertiary/aromatic N) is 3. The fraction of sp³-hybridized carbons (Fsp3) is 0.400. The van der Waals surface area contributed by atoms with E-state index in [9.17, 15) is 4.79 Å². The summed E-state index contributed by atoms with van der Waals surface area (Å²) in [5.41, 5.74) is 1.22. The van der Waals surface area contributed by atoms with Crippen LogP contribution in [0.2, 0.25) is 10.0 Å². The molecule has 1 amide bonds. The van der Waals surface area contributed by atoms with Crippen molar-refractivity contribution in [2.45, 2.75) is 25.8 Å². The molecule has 3 rings (SSSR count). The van der Waals surface area contributed by atoms with Crippen molar-refractivity contribution >= 4 is 29.1 Å². The molecule has 0 saturated heterocycles. The molecular weight excluding hydrogens is 323 g/mol. The number of benzene rings is 1. The van der Waals surface area contributed by atoms with Crippen LogP contribution < -0.4 is 5.32 Å². The Labute approximate surface area is 138 Å². The Hall–Kier alpha value is -1.59. The molecule has 1 aliphatic carbocycles. The summed E-state index contributed by atoms with van der Waals surface area (Å²) in [6.45, 7) is 1.82. The van der Waals surface area contributed by atoms with Crippen molar-refractivity contribution in [3.05, 3.63) is 45.5 Å². The summed E-state index contributed by atoms with van der Waals surface area (Å²) < 4.78 is 1.69. The standard InChI is InChI=1S/C15H16Cl2N4O/c1-8-11(16)5-10(6-12(8)17)15(22)20-13(9-3-4-9)14-18-7-19-21(14)2/h5-7,9,13H,3-4H2,1-2H3,(H,20,22)/t13-/m0/s1. The van der Waals surface area contributed by atoms with E-state index in [4.69, 9.17) is 23.2 Å². The van der Waals surface area contributed by atoms with E-state index in [-0.39, 0.29) is 11.9 Å². The molecule has 5 nitrogen and oxygen atoms in total. The molecular formula is C15H16Cl2N4O. The Morgan fingerprint density at radius 1 is 1.36 bits per heavy atom. The zero-order valence-electron chi connectivity index (χ0n) is 12.3. The molecule has 0 radical (unpaired) electrons. The number of rotatable bonds is 4. The Bertz CT molecular complexity index is 701. The largest absolute Gasteiger partial charge is 0.342 e. The molecule has 1 aromatic heterocycles. The number of aromatic nitrogens is 3. The SMILES string of the molecule is Cc1c(Cl)cc(C(=O)N[C@H](c2ncnn2C)C2CC2)cc1Cl. The Morgan fingerprint density at radius 3 is 2.50 bits per heavy atom. The van der Waals surface area contributed by atoms with E-state index in [0.29, 0.717) is 21.5 Å². The van der Waals surface area contributed by atoms with Gasteiger partial charge in [0.05, 0.1) is 6.04 Å². The lowest BCUT2D eigenvalue weighted by Gasteiger charge is -2.18. The molecule has 2 aromatic rings. The minimum Gasteiger partial charge on any atom is -0.342 e. The van der Waals surface area contributed by atoms with Crippen LogP contribution in [0.1, 0.15) is 40.6 Å². The summed E-state index contributed by atoms with van der Waals surface area (Å²) in [4.78, 5) is 16.8. The van der Waals surface area contributed by atoms with Crippen molar-refractivity contribution in [3.8, 4) is 0 Å². The number of aryl methyl sites for hydroxylation is 1. The van der Waals surface area contributed by atoms with E-state index in [1.807, 2.05) is 14.0 Å². The van der Waals surface area contributed by atoms with E-state index in [2.05, 4.69) is 15.4 Å². The maximum absolute atomic E-state index is 12.5. The molecule has 1 aromatic carbocycles. The first-order valence-electron chi connectivity index (χ1n) is 7.07. The normalized spacial score (nSPS) is 15.6. The van der Waals surface area contributed by atoms with Crippen LogP contribution in [-0.4, -0.2) is 20.7 Å². The Kier molecular flexibility index (Phi) is 4.10. The van der Waals surface area contributed by atoms with Crippen LogP contribution in [0.4, 0.5) is 0 Å². The van der Waals surface area contributed by atoms with Crippen molar-refractivity contribution in [1.82, 2.24) is 20.1 Å². The number of nitrogens with one attached hydrogen (secondary N) is 1. The number of hydrogen-bond donors (Lipinski definition) is 1. The molecule has 0 bridgehead atoms. The molecule has 116 valence electrons. The maximum Gasteiger partial charge on any atom is 0.251 e. The zero-order valence-corrected chi connectivity index (χ0v) is 13.8. The lowest BCUT2D eigenvalue weighted by Crippen LogP contribution is -2.31. The average Bonchev–Trinajstić information content (AvgIpc) is 3.23. The van der Waals surface area contributed by atoms with Crippen LogP contribution in [0.3, 0.4) is 0 Å². The van der Waals surface area contributed by atoms with E-state index >= 15 is 0 Å². The fourth-order valence-electron chi connectivity index (χ4n) is 2.41. The third-order valence-corrected chi connectivity index (χ3v) is 4.73. The van der Waals surface area contributed by atoms with Crippen LogP contribution in [-0.2, 0) is 7.05 Å². The van der Waals surface area contributed by atoms with Crippen LogP contribution in [0.25, 0.3) is 0 Å². The number of carbonyl (C=O) groups excluding carboxylic acids is 1.